The fourth-order valence-electron chi connectivity index (χ4n) is 1.42. The van der Waals surface area contributed by atoms with Gasteiger partial charge in [-0.3, -0.25) is 0 Å². The number of aliphatic hydroxyl groups excluding tert-OH is 1. The Hall–Kier alpha value is 0.120. The van der Waals surface area contributed by atoms with Crippen molar-refractivity contribution in [3.05, 3.63) is 21.0 Å². The lowest BCUT2D eigenvalue weighted by atomic mass is 10.1. The molecule has 2 unspecified atom stereocenters. The predicted molar refractivity (Wildman–Crippen MR) is 70.2 cm³/mol. The van der Waals surface area contributed by atoms with E-state index in [1.54, 1.807) is 0 Å². The predicted octanol–water partition coefficient (Wildman–Crippen LogP) is 2.16. The van der Waals surface area contributed by atoms with E-state index in [1.165, 1.54) is 0 Å². The Morgan fingerprint density at radius 2 is 2.25 bits per heavy atom. The third kappa shape index (κ3) is 3.85. The zero-order chi connectivity index (χ0) is 12.1. The van der Waals surface area contributed by atoms with E-state index in [4.69, 9.17) is 15.3 Å². The molecule has 0 aliphatic rings. The molecule has 0 aliphatic carbocycles. The van der Waals surface area contributed by atoms with Crippen LogP contribution in [0.4, 0.5) is 0 Å². The Morgan fingerprint density at radius 1 is 1.56 bits per heavy atom. The molecule has 4 nitrogen and oxygen atoms in total. The van der Waals surface area contributed by atoms with Crippen molar-refractivity contribution in [3.8, 4) is 0 Å². The summed E-state index contributed by atoms with van der Waals surface area (Å²) in [5, 5.41) is 12.1. The summed E-state index contributed by atoms with van der Waals surface area (Å²) in [7, 11) is 0. The molecule has 0 radical (unpaired) electrons. The van der Waals surface area contributed by atoms with Crippen LogP contribution in [0.3, 0.4) is 0 Å². The highest BCUT2D eigenvalue weighted by Crippen LogP contribution is 2.29. The van der Waals surface area contributed by atoms with Gasteiger partial charge in [-0.05, 0) is 51.3 Å². The van der Waals surface area contributed by atoms with Gasteiger partial charge in [0.05, 0.1) is 10.5 Å². The van der Waals surface area contributed by atoms with Crippen molar-refractivity contribution in [2.75, 3.05) is 13.2 Å². The first kappa shape index (κ1) is 14.2. The fraction of sp³-hybridized carbons (Fsp3) is 0.600. The molecule has 6 heteroatoms. The van der Waals surface area contributed by atoms with Crippen LogP contribution in [0.15, 0.2) is 19.6 Å². The molecule has 1 heterocycles. The van der Waals surface area contributed by atoms with Crippen molar-refractivity contribution in [1.29, 1.82) is 0 Å². The molecule has 4 N–H and O–H groups in total. The normalized spacial score (nSPS) is 15.1. The van der Waals surface area contributed by atoms with E-state index in [0.29, 0.717) is 17.6 Å². The smallest absolute Gasteiger partial charge is 0.183 e. The number of nitrogens with two attached hydrogens (primary N) is 1. The Kier molecular flexibility index (Phi) is 5.99. The van der Waals surface area contributed by atoms with E-state index in [0.717, 1.165) is 10.2 Å². The highest BCUT2D eigenvalue weighted by Gasteiger charge is 2.17. The van der Waals surface area contributed by atoms with Crippen molar-refractivity contribution in [2.24, 2.45) is 5.73 Å². The molecule has 0 spiro atoms. The second-order valence-electron chi connectivity index (χ2n) is 3.64. The topological polar surface area (TPSA) is 71.4 Å². The number of aliphatic hydroxyl groups is 1. The van der Waals surface area contributed by atoms with Crippen LogP contribution in [-0.2, 0) is 0 Å². The molecular formula is C10H16Br2N2O2. The Bertz CT molecular complexity index is 311. The fourth-order valence-corrected chi connectivity index (χ4v) is 2.03. The highest BCUT2D eigenvalue weighted by atomic mass is 79.9. The molecule has 1 aromatic rings. The number of nitrogens with one attached hydrogen (secondary N) is 1. The first-order valence-electron chi connectivity index (χ1n) is 5.10. The lowest BCUT2D eigenvalue weighted by Crippen LogP contribution is -2.35. The molecule has 0 saturated heterocycles. The summed E-state index contributed by atoms with van der Waals surface area (Å²) in [6.07, 6.45) is 0.694. The number of hydrogen-bond acceptors (Lipinski definition) is 4. The minimum Gasteiger partial charge on any atom is -0.451 e. The molecule has 0 saturated carbocycles. The molecular weight excluding hydrogens is 340 g/mol. The summed E-state index contributed by atoms with van der Waals surface area (Å²) >= 11 is 6.65. The van der Waals surface area contributed by atoms with Gasteiger partial charge in [0.25, 0.3) is 0 Å². The van der Waals surface area contributed by atoms with Gasteiger partial charge in [0.15, 0.2) is 4.67 Å². The zero-order valence-corrected chi connectivity index (χ0v) is 12.2. The lowest BCUT2D eigenvalue weighted by Gasteiger charge is -2.19. The van der Waals surface area contributed by atoms with E-state index >= 15 is 0 Å². The van der Waals surface area contributed by atoms with Gasteiger partial charge >= 0.3 is 0 Å². The second kappa shape index (κ2) is 6.76. The summed E-state index contributed by atoms with van der Waals surface area (Å²) in [4.78, 5) is 0. The lowest BCUT2D eigenvalue weighted by molar-refractivity contribution is 0.259. The monoisotopic (exact) mass is 354 g/mol. The quantitative estimate of drug-likeness (QED) is 0.731. The summed E-state index contributed by atoms with van der Waals surface area (Å²) in [6.45, 7) is 2.62. The van der Waals surface area contributed by atoms with Crippen molar-refractivity contribution < 1.29 is 9.52 Å². The molecule has 16 heavy (non-hydrogen) atoms. The van der Waals surface area contributed by atoms with Crippen LogP contribution in [0.25, 0.3) is 0 Å². The van der Waals surface area contributed by atoms with Crippen LogP contribution in [-0.4, -0.2) is 24.3 Å². The number of furan rings is 1. The summed E-state index contributed by atoms with van der Waals surface area (Å²) < 4.78 is 7.05. The van der Waals surface area contributed by atoms with E-state index in [1.807, 2.05) is 13.0 Å². The molecule has 92 valence electrons. The number of hydrogen-bond donors (Lipinski definition) is 3. The van der Waals surface area contributed by atoms with Gasteiger partial charge in [-0.15, -0.1) is 0 Å². The largest absolute Gasteiger partial charge is 0.451 e. The van der Waals surface area contributed by atoms with Crippen LogP contribution in [0.2, 0.25) is 0 Å². The van der Waals surface area contributed by atoms with Gasteiger partial charge in [0.2, 0.25) is 0 Å². The van der Waals surface area contributed by atoms with Crippen LogP contribution in [0.5, 0.6) is 0 Å². The van der Waals surface area contributed by atoms with Crippen LogP contribution in [0.1, 0.15) is 25.1 Å². The second-order valence-corrected chi connectivity index (χ2v) is 5.21. The molecule has 0 fully saturated rings. The van der Waals surface area contributed by atoms with Crippen molar-refractivity contribution >= 4 is 31.9 Å². The minimum atomic E-state index is -0.0378. The first-order valence-corrected chi connectivity index (χ1v) is 6.68. The molecule has 0 amide bonds. The molecule has 0 aliphatic heterocycles. The molecule has 2 atom stereocenters. The Morgan fingerprint density at radius 3 is 2.69 bits per heavy atom. The minimum absolute atomic E-state index is 0.0378. The number of rotatable bonds is 6. The maximum Gasteiger partial charge on any atom is 0.183 e. The first-order chi connectivity index (χ1) is 7.58. The van der Waals surface area contributed by atoms with Gasteiger partial charge in [-0.25, -0.2) is 0 Å². The highest BCUT2D eigenvalue weighted by molar-refractivity contribution is 9.13. The SMILES string of the molecule is CC(CCO)NC(CN)c1cc(Br)c(Br)o1. The molecule has 0 bridgehead atoms. The Balaban J connectivity index is 2.67. The van der Waals surface area contributed by atoms with Crippen LogP contribution in [0, 0.1) is 0 Å². The van der Waals surface area contributed by atoms with Crippen molar-refractivity contribution in [2.45, 2.75) is 25.4 Å². The standard InChI is InChI=1S/C10H16Br2N2O2/c1-6(2-3-15)14-8(5-13)9-4-7(11)10(12)16-9/h4,6,8,14-15H,2-3,5,13H2,1H3. The van der Waals surface area contributed by atoms with Crippen molar-refractivity contribution in [3.63, 3.8) is 0 Å². The average molecular weight is 356 g/mol. The van der Waals surface area contributed by atoms with Crippen LogP contribution >= 0.6 is 31.9 Å². The van der Waals surface area contributed by atoms with E-state index in [9.17, 15) is 0 Å². The summed E-state index contributed by atoms with van der Waals surface area (Å²) in [5.74, 6) is 0.783. The maximum atomic E-state index is 8.83. The van der Waals surface area contributed by atoms with Gasteiger partial charge in [-0.2, -0.15) is 0 Å². The van der Waals surface area contributed by atoms with Gasteiger partial charge < -0.3 is 20.6 Å². The summed E-state index contributed by atoms with van der Waals surface area (Å²) in [5.41, 5.74) is 5.69. The summed E-state index contributed by atoms with van der Waals surface area (Å²) in [6, 6.07) is 2.05. The van der Waals surface area contributed by atoms with Crippen LogP contribution < -0.4 is 11.1 Å². The van der Waals surface area contributed by atoms with Gasteiger partial charge in [0, 0.05) is 19.2 Å². The third-order valence-corrected chi connectivity index (χ3v) is 4.00. The van der Waals surface area contributed by atoms with Gasteiger partial charge in [0.1, 0.15) is 5.76 Å². The molecule has 0 aromatic carbocycles. The zero-order valence-electron chi connectivity index (χ0n) is 9.04. The molecule has 1 aromatic heterocycles. The maximum absolute atomic E-state index is 8.83. The number of halogens is 2. The van der Waals surface area contributed by atoms with E-state index in [2.05, 4.69) is 37.2 Å². The van der Waals surface area contributed by atoms with E-state index < -0.39 is 0 Å². The molecule has 1 rings (SSSR count). The Labute approximate surface area is 112 Å². The van der Waals surface area contributed by atoms with Gasteiger partial charge in [-0.1, -0.05) is 0 Å². The van der Waals surface area contributed by atoms with Crippen molar-refractivity contribution in [1.82, 2.24) is 5.32 Å². The third-order valence-electron chi connectivity index (χ3n) is 2.29. The average Bonchev–Trinajstić information content (AvgIpc) is 2.56. The van der Waals surface area contributed by atoms with E-state index in [-0.39, 0.29) is 18.7 Å².